The summed E-state index contributed by atoms with van der Waals surface area (Å²) in [6.45, 7) is 4.08. The zero-order chi connectivity index (χ0) is 10.8. The quantitative estimate of drug-likeness (QED) is 0.787. The molecule has 0 bridgehead atoms. The number of amides is 2. The summed E-state index contributed by atoms with van der Waals surface area (Å²) in [5.74, 6) is 1.35. The van der Waals surface area contributed by atoms with Gasteiger partial charge in [0, 0.05) is 6.04 Å². The molecule has 2 rings (SSSR count). The molecule has 2 N–H and O–H groups in total. The van der Waals surface area contributed by atoms with Crippen LogP contribution in [0.25, 0.3) is 0 Å². The molecular formula is C10H15N3O2. The van der Waals surface area contributed by atoms with E-state index in [0.29, 0.717) is 18.5 Å². The van der Waals surface area contributed by atoms with Gasteiger partial charge in [0.25, 0.3) is 0 Å². The summed E-state index contributed by atoms with van der Waals surface area (Å²) >= 11 is 0. The zero-order valence-electron chi connectivity index (χ0n) is 8.96. The molecular weight excluding hydrogens is 194 g/mol. The number of aryl methyl sites for hydroxylation is 2. The van der Waals surface area contributed by atoms with Crippen LogP contribution in [0.3, 0.4) is 0 Å². The molecule has 5 nitrogen and oxygen atoms in total. The summed E-state index contributed by atoms with van der Waals surface area (Å²) in [6.07, 6.45) is 2.18. The lowest BCUT2D eigenvalue weighted by atomic mass is 10.4. The van der Waals surface area contributed by atoms with Crippen LogP contribution in [0.1, 0.15) is 30.2 Å². The maximum absolute atomic E-state index is 11.3. The Morgan fingerprint density at radius 3 is 2.80 bits per heavy atom. The fourth-order valence-corrected chi connectivity index (χ4v) is 1.23. The van der Waals surface area contributed by atoms with Gasteiger partial charge in [-0.2, -0.15) is 0 Å². The fourth-order valence-electron chi connectivity index (χ4n) is 1.23. The molecule has 1 aromatic heterocycles. The molecule has 15 heavy (non-hydrogen) atoms. The van der Waals surface area contributed by atoms with Gasteiger partial charge in [-0.25, -0.2) is 9.78 Å². The van der Waals surface area contributed by atoms with Gasteiger partial charge in [0.2, 0.25) is 5.89 Å². The number of nitrogens with one attached hydrogen (secondary N) is 2. The number of oxazole rings is 1. The predicted molar refractivity (Wildman–Crippen MR) is 54.4 cm³/mol. The van der Waals surface area contributed by atoms with Gasteiger partial charge in [-0.3, -0.25) is 0 Å². The predicted octanol–water partition coefficient (Wildman–Crippen LogP) is 1.25. The molecule has 1 saturated carbocycles. The molecule has 0 atom stereocenters. The number of nitrogens with zero attached hydrogens (tertiary/aromatic N) is 1. The first-order valence-corrected chi connectivity index (χ1v) is 5.12. The Hall–Kier alpha value is -1.52. The summed E-state index contributed by atoms with van der Waals surface area (Å²) in [6, 6.07) is 0.226. The molecule has 0 unspecified atom stereocenters. The molecule has 0 spiro atoms. The molecule has 0 saturated heterocycles. The molecule has 0 aliphatic heterocycles. The first-order valence-electron chi connectivity index (χ1n) is 5.12. The molecule has 1 aromatic rings. The third-order valence-corrected chi connectivity index (χ3v) is 2.39. The van der Waals surface area contributed by atoms with Crippen molar-refractivity contribution in [1.29, 1.82) is 0 Å². The minimum Gasteiger partial charge on any atom is -0.444 e. The van der Waals surface area contributed by atoms with Crippen LogP contribution in [0.2, 0.25) is 0 Å². The highest BCUT2D eigenvalue weighted by molar-refractivity contribution is 5.74. The van der Waals surface area contributed by atoms with E-state index < -0.39 is 0 Å². The highest BCUT2D eigenvalue weighted by atomic mass is 16.4. The summed E-state index contributed by atoms with van der Waals surface area (Å²) in [5.41, 5.74) is 0.870. The third-order valence-electron chi connectivity index (χ3n) is 2.39. The summed E-state index contributed by atoms with van der Waals surface area (Å²) < 4.78 is 5.33. The highest BCUT2D eigenvalue weighted by Gasteiger charge is 2.23. The van der Waals surface area contributed by atoms with Crippen LogP contribution in [0.15, 0.2) is 4.42 Å². The Balaban J connectivity index is 1.78. The van der Waals surface area contributed by atoms with Gasteiger partial charge in [-0.15, -0.1) is 0 Å². The maximum atomic E-state index is 11.3. The number of urea groups is 1. The number of hydrogen-bond acceptors (Lipinski definition) is 3. The monoisotopic (exact) mass is 209 g/mol. The minimum atomic E-state index is -0.147. The van der Waals surface area contributed by atoms with Crippen LogP contribution in [0, 0.1) is 13.8 Å². The Morgan fingerprint density at radius 2 is 2.27 bits per heavy atom. The van der Waals surface area contributed by atoms with Gasteiger partial charge in [0.05, 0.1) is 12.2 Å². The number of hydrogen-bond donors (Lipinski definition) is 2. The Labute approximate surface area is 88.3 Å². The topological polar surface area (TPSA) is 67.2 Å². The fraction of sp³-hybridized carbons (Fsp3) is 0.600. The zero-order valence-corrected chi connectivity index (χ0v) is 8.96. The van der Waals surface area contributed by atoms with Crippen LogP contribution in [0.4, 0.5) is 4.79 Å². The molecule has 1 heterocycles. The van der Waals surface area contributed by atoms with Crippen LogP contribution < -0.4 is 10.6 Å². The highest BCUT2D eigenvalue weighted by Crippen LogP contribution is 2.18. The molecule has 0 aromatic carbocycles. The standard InChI is InChI=1S/C10H15N3O2/c1-6-7(2)15-9(12-6)5-11-10(14)13-8-3-4-8/h8H,3-5H2,1-2H3,(H2,11,13,14). The van der Waals surface area contributed by atoms with Crippen LogP contribution in [-0.2, 0) is 6.54 Å². The lowest BCUT2D eigenvalue weighted by molar-refractivity contribution is 0.239. The number of carbonyl (C=O) groups is 1. The van der Waals surface area contributed by atoms with Crippen molar-refractivity contribution < 1.29 is 9.21 Å². The van der Waals surface area contributed by atoms with Crippen LogP contribution >= 0.6 is 0 Å². The second-order valence-corrected chi connectivity index (χ2v) is 3.85. The van der Waals surface area contributed by atoms with E-state index in [1.54, 1.807) is 0 Å². The van der Waals surface area contributed by atoms with Crippen LogP contribution in [-0.4, -0.2) is 17.1 Å². The second kappa shape index (κ2) is 3.92. The molecule has 1 fully saturated rings. The summed E-state index contributed by atoms with van der Waals surface area (Å²) in [7, 11) is 0. The first kappa shape index (κ1) is 10.0. The summed E-state index contributed by atoms with van der Waals surface area (Å²) in [4.78, 5) is 15.4. The van der Waals surface area contributed by atoms with E-state index in [0.717, 1.165) is 24.3 Å². The van der Waals surface area contributed by atoms with Crippen LogP contribution in [0.5, 0.6) is 0 Å². The Bertz CT molecular complexity index is 349. The van der Waals surface area contributed by atoms with Gasteiger partial charge in [0.1, 0.15) is 5.76 Å². The van der Waals surface area contributed by atoms with Crippen molar-refractivity contribution in [3.05, 3.63) is 17.3 Å². The van der Waals surface area contributed by atoms with Crippen molar-refractivity contribution in [2.45, 2.75) is 39.3 Å². The number of aromatic nitrogens is 1. The van der Waals surface area contributed by atoms with Crippen molar-refractivity contribution in [3.63, 3.8) is 0 Å². The normalized spacial score (nSPS) is 15.1. The Morgan fingerprint density at radius 1 is 1.53 bits per heavy atom. The van der Waals surface area contributed by atoms with E-state index in [2.05, 4.69) is 15.6 Å². The van der Waals surface area contributed by atoms with Gasteiger partial charge in [0.15, 0.2) is 0 Å². The summed E-state index contributed by atoms with van der Waals surface area (Å²) in [5, 5.41) is 5.53. The number of rotatable bonds is 3. The average molecular weight is 209 g/mol. The van der Waals surface area contributed by atoms with E-state index in [-0.39, 0.29) is 6.03 Å². The van der Waals surface area contributed by atoms with Crippen molar-refractivity contribution in [2.24, 2.45) is 0 Å². The van der Waals surface area contributed by atoms with Crippen molar-refractivity contribution in [1.82, 2.24) is 15.6 Å². The van der Waals surface area contributed by atoms with E-state index >= 15 is 0 Å². The van der Waals surface area contributed by atoms with E-state index in [1.807, 2.05) is 13.8 Å². The molecule has 5 heteroatoms. The first-order chi connectivity index (χ1) is 7.15. The van der Waals surface area contributed by atoms with Crippen molar-refractivity contribution in [3.8, 4) is 0 Å². The van der Waals surface area contributed by atoms with E-state index in [1.165, 1.54) is 0 Å². The Kier molecular flexibility index (Phi) is 2.62. The SMILES string of the molecule is Cc1nc(CNC(=O)NC2CC2)oc1C. The number of carbonyl (C=O) groups excluding carboxylic acids is 1. The van der Waals surface area contributed by atoms with Gasteiger partial charge >= 0.3 is 6.03 Å². The molecule has 2 amide bonds. The third kappa shape index (κ3) is 2.71. The van der Waals surface area contributed by atoms with Crippen molar-refractivity contribution in [2.75, 3.05) is 0 Å². The molecule has 82 valence electrons. The minimum absolute atomic E-state index is 0.147. The van der Waals surface area contributed by atoms with Gasteiger partial charge in [-0.05, 0) is 26.7 Å². The smallest absolute Gasteiger partial charge is 0.315 e. The van der Waals surface area contributed by atoms with E-state index in [9.17, 15) is 4.79 Å². The lowest BCUT2D eigenvalue weighted by Crippen LogP contribution is -2.36. The maximum Gasteiger partial charge on any atom is 0.315 e. The molecule has 0 radical (unpaired) electrons. The van der Waals surface area contributed by atoms with Gasteiger partial charge in [-0.1, -0.05) is 0 Å². The van der Waals surface area contributed by atoms with Gasteiger partial charge < -0.3 is 15.1 Å². The average Bonchev–Trinajstić information content (AvgIpc) is 2.92. The van der Waals surface area contributed by atoms with E-state index in [4.69, 9.17) is 4.42 Å². The lowest BCUT2D eigenvalue weighted by Gasteiger charge is -2.03. The largest absolute Gasteiger partial charge is 0.444 e. The molecule has 1 aliphatic rings. The van der Waals surface area contributed by atoms with Crippen molar-refractivity contribution >= 4 is 6.03 Å². The second-order valence-electron chi connectivity index (χ2n) is 3.85. The molecule has 1 aliphatic carbocycles.